The van der Waals surface area contributed by atoms with Crippen LogP contribution in [-0.2, 0) is 35.3 Å². The van der Waals surface area contributed by atoms with E-state index in [4.69, 9.17) is 32.5 Å². The highest BCUT2D eigenvalue weighted by Crippen LogP contribution is 2.48. The van der Waals surface area contributed by atoms with Crippen LogP contribution in [0, 0.1) is 0 Å². The standard InChI is InChI=1S/C38H37O9P/c1-41-34-22-16-32(17-23-34)38(31-12-8-5-9-13-31,33-18-24-35(42-2)25-19-33)45-28-29-14-20-36(21-15-29)47-48(40,43-3)46-27-26-44-37(39)30-10-6-4-7-11-30/h4-25H,26-28H2,1-3H3. The van der Waals surface area contributed by atoms with E-state index in [1.807, 2.05) is 91.0 Å². The Labute approximate surface area is 280 Å². The Morgan fingerprint density at radius 1 is 0.604 bits per heavy atom. The fourth-order valence-corrected chi connectivity index (χ4v) is 6.01. The highest BCUT2D eigenvalue weighted by molar-refractivity contribution is 7.48. The first-order chi connectivity index (χ1) is 23.4. The third kappa shape index (κ3) is 8.32. The molecule has 0 aromatic heterocycles. The van der Waals surface area contributed by atoms with Crippen molar-refractivity contribution in [2.45, 2.75) is 12.2 Å². The molecule has 0 aliphatic carbocycles. The van der Waals surface area contributed by atoms with Crippen molar-refractivity contribution in [1.82, 2.24) is 0 Å². The number of methoxy groups -OCH3 is 2. The molecule has 248 valence electrons. The molecule has 1 unspecified atom stereocenters. The van der Waals surface area contributed by atoms with Gasteiger partial charge < -0.3 is 23.5 Å². The smallest absolute Gasteiger partial charge is 0.497 e. The van der Waals surface area contributed by atoms with Crippen LogP contribution in [0.25, 0.3) is 0 Å². The molecule has 5 aromatic rings. The molecule has 0 spiro atoms. The largest absolute Gasteiger partial charge is 0.529 e. The summed E-state index contributed by atoms with van der Waals surface area (Å²) < 4.78 is 52.1. The Bertz CT molecular complexity index is 1730. The Kier molecular flexibility index (Phi) is 11.7. The van der Waals surface area contributed by atoms with Gasteiger partial charge in [0.05, 0.1) is 33.0 Å². The lowest BCUT2D eigenvalue weighted by Gasteiger charge is -2.36. The van der Waals surface area contributed by atoms with E-state index < -0.39 is 19.4 Å². The van der Waals surface area contributed by atoms with Crippen LogP contribution in [0.4, 0.5) is 0 Å². The van der Waals surface area contributed by atoms with Crippen molar-refractivity contribution < 1.29 is 41.9 Å². The molecule has 0 amide bonds. The predicted molar refractivity (Wildman–Crippen MR) is 181 cm³/mol. The third-order valence-corrected chi connectivity index (χ3v) is 8.95. The van der Waals surface area contributed by atoms with E-state index in [0.29, 0.717) is 5.56 Å². The molecule has 0 aliphatic rings. The highest BCUT2D eigenvalue weighted by Gasteiger charge is 2.38. The van der Waals surface area contributed by atoms with Crippen molar-refractivity contribution in [3.63, 3.8) is 0 Å². The number of ether oxygens (including phenoxy) is 4. The summed E-state index contributed by atoms with van der Waals surface area (Å²) in [6, 6.07) is 41.1. The Morgan fingerprint density at radius 3 is 1.62 bits per heavy atom. The van der Waals surface area contributed by atoms with Crippen LogP contribution in [0.5, 0.6) is 17.2 Å². The van der Waals surface area contributed by atoms with Gasteiger partial charge in [0, 0.05) is 7.11 Å². The molecular weight excluding hydrogens is 631 g/mol. The molecule has 48 heavy (non-hydrogen) atoms. The first kappa shape index (κ1) is 34.4. The van der Waals surface area contributed by atoms with Crippen LogP contribution in [0.1, 0.15) is 32.6 Å². The van der Waals surface area contributed by atoms with Gasteiger partial charge in [-0.1, -0.05) is 84.9 Å². The average Bonchev–Trinajstić information content (AvgIpc) is 3.15. The molecule has 0 radical (unpaired) electrons. The minimum atomic E-state index is -3.99. The molecule has 9 nitrogen and oxygen atoms in total. The van der Waals surface area contributed by atoms with E-state index in [-0.39, 0.29) is 25.6 Å². The van der Waals surface area contributed by atoms with Crippen molar-refractivity contribution >= 4 is 13.8 Å². The molecule has 5 aromatic carbocycles. The molecule has 0 bridgehead atoms. The molecule has 0 saturated heterocycles. The van der Waals surface area contributed by atoms with Gasteiger partial charge in [0.1, 0.15) is 29.5 Å². The number of hydrogen-bond donors (Lipinski definition) is 0. The number of carbonyl (C=O) groups is 1. The normalized spacial score (nSPS) is 12.5. The van der Waals surface area contributed by atoms with Crippen molar-refractivity contribution in [1.29, 1.82) is 0 Å². The van der Waals surface area contributed by atoms with E-state index in [1.54, 1.807) is 56.7 Å². The number of benzene rings is 5. The zero-order valence-corrected chi connectivity index (χ0v) is 27.8. The Balaban J connectivity index is 1.32. The summed E-state index contributed by atoms with van der Waals surface area (Å²) in [5.41, 5.74) is 3.01. The minimum Gasteiger partial charge on any atom is -0.497 e. The van der Waals surface area contributed by atoms with Gasteiger partial charge in [-0.15, -0.1) is 0 Å². The lowest BCUT2D eigenvalue weighted by Crippen LogP contribution is -2.32. The van der Waals surface area contributed by atoms with Gasteiger partial charge in [-0.3, -0.25) is 9.05 Å². The first-order valence-corrected chi connectivity index (χ1v) is 16.6. The van der Waals surface area contributed by atoms with Crippen molar-refractivity contribution in [3.8, 4) is 17.2 Å². The van der Waals surface area contributed by atoms with Crippen LogP contribution in [-0.4, -0.2) is 40.5 Å². The molecule has 10 heteroatoms. The van der Waals surface area contributed by atoms with Crippen molar-refractivity contribution in [2.24, 2.45) is 0 Å². The maximum Gasteiger partial charge on any atom is 0.529 e. The van der Waals surface area contributed by atoms with Gasteiger partial charge in [0.2, 0.25) is 0 Å². The van der Waals surface area contributed by atoms with Gasteiger partial charge in [-0.25, -0.2) is 9.36 Å². The number of phosphoric acid groups is 1. The number of esters is 1. The zero-order valence-electron chi connectivity index (χ0n) is 26.9. The summed E-state index contributed by atoms with van der Waals surface area (Å²) in [5.74, 6) is 1.22. The molecular formula is C38H37O9P. The lowest BCUT2D eigenvalue weighted by atomic mass is 9.80. The van der Waals surface area contributed by atoms with E-state index in [9.17, 15) is 9.36 Å². The maximum atomic E-state index is 13.1. The lowest BCUT2D eigenvalue weighted by molar-refractivity contribution is 0.000182. The quantitative estimate of drug-likeness (QED) is 0.0446. The molecule has 1 atom stereocenters. The van der Waals surface area contributed by atoms with Crippen LogP contribution >= 0.6 is 7.82 Å². The molecule has 0 aliphatic heterocycles. The number of carbonyl (C=O) groups excluding carboxylic acids is 1. The number of hydrogen-bond acceptors (Lipinski definition) is 9. The van der Waals surface area contributed by atoms with Crippen LogP contribution < -0.4 is 14.0 Å². The minimum absolute atomic E-state index is 0.133. The monoisotopic (exact) mass is 668 g/mol. The van der Waals surface area contributed by atoms with Crippen LogP contribution in [0.15, 0.2) is 133 Å². The molecule has 0 N–H and O–H groups in total. The SMILES string of the molecule is COc1ccc(C(OCc2ccc(OP(=O)(OC)OCCOC(=O)c3ccccc3)cc2)(c2ccccc2)c2ccc(OC)cc2)cc1. The molecule has 0 saturated carbocycles. The van der Waals surface area contributed by atoms with Gasteiger partial charge >= 0.3 is 13.8 Å². The summed E-state index contributed by atoms with van der Waals surface area (Å²) in [6.45, 7) is -0.0986. The van der Waals surface area contributed by atoms with Crippen LogP contribution in [0.3, 0.4) is 0 Å². The summed E-state index contributed by atoms with van der Waals surface area (Å²) in [4.78, 5) is 12.1. The average molecular weight is 669 g/mol. The van der Waals surface area contributed by atoms with E-state index in [0.717, 1.165) is 33.8 Å². The van der Waals surface area contributed by atoms with Gasteiger partial charge in [-0.05, 0) is 70.8 Å². The van der Waals surface area contributed by atoms with Crippen molar-refractivity contribution in [3.05, 3.63) is 161 Å². The van der Waals surface area contributed by atoms with Gasteiger partial charge in [0.15, 0.2) is 0 Å². The molecule has 0 heterocycles. The second kappa shape index (κ2) is 16.3. The predicted octanol–water partition coefficient (Wildman–Crippen LogP) is 8.22. The van der Waals surface area contributed by atoms with Crippen LogP contribution in [0.2, 0.25) is 0 Å². The first-order valence-electron chi connectivity index (χ1n) is 15.2. The fraction of sp³-hybridized carbons (Fsp3) is 0.184. The zero-order chi connectivity index (χ0) is 33.8. The number of rotatable bonds is 16. The van der Waals surface area contributed by atoms with Crippen molar-refractivity contribution in [2.75, 3.05) is 34.5 Å². The molecule has 5 rings (SSSR count). The fourth-order valence-electron chi connectivity index (χ4n) is 5.10. The van der Waals surface area contributed by atoms with Gasteiger partial charge in [-0.2, -0.15) is 0 Å². The summed E-state index contributed by atoms with van der Waals surface area (Å²) in [5, 5.41) is 0. The highest BCUT2D eigenvalue weighted by atomic mass is 31.2. The molecule has 0 fully saturated rings. The number of phosphoric ester groups is 1. The summed E-state index contributed by atoms with van der Waals surface area (Å²) in [7, 11) is 0.501. The Morgan fingerprint density at radius 2 is 1.10 bits per heavy atom. The topological polar surface area (TPSA) is 98.8 Å². The van der Waals surface area contributed by atoms with E-state index >= 15 is 0 Å². The second-order valence-corrected chi connectivity index (χ2v) is 12.2. The summed E-state index contributed by atoms with van der Waals surface area (Å²) in [6.07, 6.45) is 0. The Hall–Kier alpha value is -4.92. The van der Waals surface area contributed by atoms with E-state index in [1.165, 1.54) is 7.11 Å². The van der Waals surface area contributed by atoms with E-state index in [2.05, 4.69) is 0 Å². The maximum absolute atomic E-state index is 13.1. The second-order valence-electron chi connectivity index (χ2n) is 10.5. The van der Waals surface area contributed by atoms with Gasteiger partial charge in [0.25, 0.3) is 0 Å². The summed E-state index contributed by atoms with van der Waals surface area (Å²) >= 11 is 0. The third-order valence-electron chi connectivity index (χ3n) is 7.57.